The Morgan fingerprint density at radius 3 is 2.50 bits per heavy atom. The van der Waals surface area contributed by atoms with Crippen LogP contribution in [0.25, 0.3) is 5.69 Å². The first-order valence-corrected chi connectivity index (χ1v) is 8.14. The number of benzene rings is 1. The van der Waals surface area contributed by atoms with Gasteiger partial charge in [-0.05, 0) is 57.0 Å². The first kappa shape index (κ1) is 16.2. The van der Waals surface area contributed by atoms with Gasteiger partial charge >= 0.3 is 5.97 Å². The summed E-state index contributed by atoms with van der Waals surface area (Å²) in [5.74, 6) is -1.44. The third-order valence-electron chi connectivity index (χ3n) is 4.67. The first-order valence-electron chi connectivity index (χ1n) is 8.14. The zero-order chi connectivity index (χ0) is 17.3. The average molecular weight is 327 g/mol. The van der Waals surface area contributed by atoms with Crippen molar-refractivity contribution >= 4 is 11.9 Å². The van der Waals surface area contributed by atoms with Crippen molar-refractivity contribution in [2.24, 2.45) is 5.92 Å². The predicted molar refractivity (Wildman–Crippen MR) is 89.2 cm³/mol. The highest BCUT2D eigenvalue weighted by atomic mass is 16.4. The van der Waals surface area contributed by atoms with Crippen molar-refractivity contribution in [3.63, 3.8) is 0 Å². The molecule has 1 saturated heterocycles. The van der Waals surface area contributed by atoms with Crippen LogP contribution in [0.3, 0.4) is 0 Å². The van der Waals surface area contributed by atoms with E-state index in [1.165, 1.54) is 0 Å². The van der Waals surface area contributed by atoms with Crippen LogP contribution in [0.1, 0.15) is 35.8 Å². The predicted octanol–water partition coefficient (Wildman–Crippen LogP) is 2.51. The molecule has 24 heavy (non-hydrogen) atoms. The third-order valence-corrected chi connectivity index (χ3v) is 4.67. The fraction of sp³-hybridized carbons (Fsp3) is 0.389. The summed E-state index contributed by atoms with van der Waals surface area (Å²) in [7, 11) is 0. The van der Waals surface area contributed by atoms with Crippen LogP contribution in [0.15, 0.2) is 36.5 Å². The van der Waals surface area contributed by atoms with Crippen molar-refractivity contribution in [2.45, 2.75) is 32.7 Å². The molecular weight excluding hydrogens is 306 g/mol. The van der Waals surface area contributed by atoms with Crippen LogP contribution in [0.4, 0.5) is 0 Å². The first-order chi connectivity index (χ1) is 11.5. The van der Waals surface area contributed by atoms with E-state index < -0.39 is 11.9 Å². The molecule has 1 N–H and O–H groups in total. The van der Waals surface area contributed by atoms with E-state index in [1.54, 1.807) is 21.7 Å². The Kier molecular flexibility index (Phi) is 4.38. The number of likely N-dealkylation sites (tertiary alicyclic amines) is 1. The van der Waals surface area contributed by atoms with Gasteiger partial charge in [0.2, 0.25) is 0 Å². The van der Waals surface area contributed by atoms with Crippen LogP contribution in [0.5, 0.6) is 0 Å². The van der Waals surface area contributed by atoms with Gasteiger partial charge in [-0.2, -0.15) is 5.10 Å². The molecule has 2 atom stereocenters. The van der Waals surface area contributed by atoms with E-state index in [9.17, 15) is 14.7 Å². The standard InChI is InChI=1S/C18H21N3O3/c1-12-9-11-21(19-12)15-7-5-14(6-8-15)17(22)20-10-3-4-16(13(20)2)18(23)24/h5-9,11,13,16H,3-4,10H2,1-2H3,(H,23,24)/t13-,16-/m1/s1. The van der Waals surface area contributed by atoms with Crippen LogP contribution in [0.2, 0.25) is 0 Å². The molecule has 0 spiro atoms. The minimum absolute atomic E-state index is 0.114. The monoisotopic (exact) mass is 327 g/mol. The molecule has 2 heterocycles. The van der Waals surface area contributed by atoms with Crippen LogP contribution in [-0.2, 0) is 4.79 Å². The number of carbonyl (C=O) groups excluding carboxylic acids is 1. The molecule has 0 aliphatic carbocycles. The summed E-state index contributed by atoms with van der Waals surface area (Å²) in [5, 5.41) is 13.6. The average Bonchev–Trinajstić information content (AvgIpc) is 3.01. The summed E-state index contributed by atoms with van der Waals surface area (Å²) >= 11 is 0. The van der Waals surface area contributed by atoms with Gasteiger partial charge in [0, 0.05) is 24.3 Å². The molecule has 2 aromatic rings. The van der Waals surface area contributed by atoms with Gasteiger partial charge in [-0.1, -0.05) is 0 Å². The molecule has 3 rings (SSSR count). The van der Waals surface area contributed by atoms with Crippen LogP contribution in [-0.4, -0.2) is 44.3 Å². The molecule has 0 bridgehead atoms. The van der Waals surface area contributed by atoms with E-state index in [0.717, 1.165) is 17.8 Å². The third kappa shape index (κ3) is 3.04. The van der Waals surface area contributed by atoms with Crippen LogP contribution >= 0.6 is 0 Å². The fourth-order valence-electron chi connectivity index (χ4n) is 3.24. The molecular formula is C18H21N3O3. The number of nitrogens with zero attached hydrogens (tertiary/aromatic N) is 3. The number of aliphatic carboxylic acids is 1. The number of carboxylic acid groups (broad SMARTS) is 1. The summed E-state index contributed by atoms with van der Waals surface area (Å²) < 4.78 is 1.76. The summed E-state index contributed by atoms with van der Waals surface area (Å²) in [6, 6.07) is 8.86. The van der Waals surface area contributed by atoms with E-state index in [0.29, 0.717) is 18.5 Å². The number of hydrogen-bond acceptors (Lipinski definition) is 3. The van der Waals surface area contributed by atoms with Gasteiger partial charge in [-0.25, -0.2) is 4.68 Å². The van der Waals surface area contributed by atoms with Crippen molar-refractivity contribution in [3.05, 3.63) is 47.8 Å². The SMILES string of the molecule is Cc1ccn(-c2ccc(C(=O)N3CCC[C@@H](C(=O)O)[C@H]3C)cc2)n1. The Morgan fingerprint density at radius 1 is 1.21 bits per heavy atom. The molecule has 1 aromatic carbocycles. The van der Waals surface area contributed by atoms with Gasteiger partial charge in [-0.15, -0.1) is 0 Å². The quantitative estimate of drug-likeness (QED) is 0.940. The lowest BCUT2D eigenvalue weighted by Crippen LogP contribution is -2.49. The molecule has 0 saturated carbocycles. The smallest absolute Gasteiger partial charge is 0.308 e. The molecule has 1 aliphatic rings. The largest absolute Gasteiger partial charge is 0.481 e. The lowest BCUT2D eigenvalue weighted by Gasteiger charge is -2.37. The van der Waals surface area contributed by atoms with Gasteiger partial charge in [0.05, 0.1) is 17.3 Å². The zero-order valence-electron chi connectivity index (χ0n) is 13.8. The maximum atomic E-state index is 12.7. The Balaban J connectivity index is 1.78. The summed E-state index contributed by atoms with van der Waals surface area (Å²) in [4.78, 5) is 25.7. The van der Waals surface area contributed by atoms with Gasteiger partial charge in [0.15, 0.2) is 0 Å². The van der Waals surface area contributed by atoms with E-state index >= 15 is 0 Å². The Bertz CT molecular complexity index is 751. The molecule has 6 heteroatoms. The summed E-state index contributed by atoms with van der Waals surface area (Å²) in [6.07, 6.45) is 3.21. The summed E-state index contributed by atoms with van der Waals surface area (Å²) in [5.41, 5.74) is 2.38. The Labute approximate surface area is 140 Å². The molecule has 0 unspecified atom stereocenters. The van der Waals surface area contributed by atoms with E-state index in [1.807, 2.05) is 38.2 Å². The Hall–Kier alpha value is -2.63. The van der Waals surface area contributed by atoms with Gasteiger partial charge in [0.1, 0.15) is 0 Å². The lowest BCUT2D eigenvalue weighted by atomic mass is 9.90. The molecule has 1 aromatic heterocycles. The van der Waals surface area contributed by atoms with E-state index in [2.05, 4.69) is 5.10 Å². The lowest BCUT2D eigenvalue weighted by molar-refractivity contribution is -0.144. The van der Waals surface area contributed by atoms with Crippen molar-refractivity contribution in [3.8, 4) is 5.69 Å². The highest BCUT2D eigenvalue weighted by Gasteiger charge is 2.35. The summed E-state index contributed by atoms with van der Waals surface area (Å²) in [6.45, 7) is 4.34. The number of rotatable bonds is 3. The van der Waals surface area contributed by atoms with Crippen molar-refractivity contribution in [1.82, 2.24) is 14.7 Å². The topological polar surface area (TPSA) is 75.4 Å². The number of amides is 1. The highest BCUT2D eigenvalue weighted by Crippen LogP contribution is 2.25. The maximum Gasteiger partial charge on any atom is 0.308 e. The number of carbonyl (C=O) groups is 2. The Morgan fingerprint density at radius 2 is 1.92 bits per heavy atom. The molecule has 1 fully saturated rings. The van der Waals surface area contributed by atoms with Gasteiger partial charge in [-0.3, -0.25) is 9.59 Å². The number of carboxylic acids is 1. The second-order valence-electron chi connectivity index (χ2n) is 6.27. The number of hydrogen-bond donors (Lipinski definition) is 1. The number of piperidine rings is 1. The number of aryl methyl sites for hydroxylation is 1. The minimum Gasteiger partial charge on any atom is -0.481 e. The molecule has 1 aliphatic heterocycles. The second kappa shape index (κ2) is 6.47. The molecule has 126 valence electrons. The maximum absolute atomic E-state index is 12.7. The number of aromatic nitrogens is 2. The van der Waals surface area contributed by atoms with Crippen molar-refractivity contribution in [2.75, 3.05) is 6.54 Å². The minimum atomic E-state index is -0.829. The van der Waals surface area contributed by atoms with E-state index in [4.69, 9.17) is 0 Å². The highest BCUT2D eigenvalue weighted by molar-refractivity contribution is 5.95. The fourth-order valence-corrected chi connectivity index (χ4v) is 3.24. The van der Waals surface area contributed by atoms with Crippen molar-refractivity contribution < 1.29 is 14.7 Å². The van der Waals surface area contributed by atoms with Crippen LogP contribution < -0.4 is 0 Å². The van der Waals surface area contributed by atoms with Crippen molar-refractivity contribution in [1.29, 1.82) is 0 Å². The van der Waals surface area contributed by atoms with E-state index in [-0.39, 0.29) is 11.9 Å². The molecule has 1 amide bonds. The zero-order valence-corrected chi connectivity index (χ0v) is 13.8. The normalized spacial score (nSPS) is 20.8. The molecule has 0 radical (unpaired) electrons. The van der Waals surface area contributed by atoms with Crippen LogP contribution in [0, 0.1) is 12.8 Å². The second-order valence-corrected chi connectivity index (χ2v) is 6.27. The van der Waals surface area contributed by atoms with Gasteiger partial charge < -0.3 is 10.0 Å². The molecule has 6 nitrogen and oxygen atoms in total. The van der Waals surface area contributed by atoms with Gasteiger partial charge in [0.25, 0.3) is 5.91 Å².